The van der Waals surface area contributed by atoms with Gasteiger partial charge < -0.3 is 4.74 Å². The van der Waals surface area contributed by atoms with Gasteiger partial charge in [-0.05, 0) is 62.7 Å². The molecule has 0 spiro atoms. The molecule has 0 N–H and O–H groups in total. The van der Waals surface area contributed by atoms with Crippen LogP contribution in [0.3, 0.4) is 0 Å². The number of likely N-dealkylation sites (tertiary alicyclic amines) is 1. The second-order valence-corrected chi connectivity index (χ2v) is 6.95. The van der Waals surface area contributed by atoms with E-state index in [1.165, 1.54) is 22.6 Å². The van der Waals surface area contributed by atoms with Crippen LogP contribution < -0.4 is 4.74 Å². The summed E-state index contributed by atoms with van der Waals surface area (Å²) in [6, 6.07) is 14.5. The average molecular weight is 312 g/mol. The third-order valence-corrected chi connectivity index (χ3v) is 5.19. The first-order valence-electron chi connectivity index (χ1n) is 7.69. The fraction of sp³-hybridized carbons (Fsp3) is 0.389. The molecule has 0 saturated carbocycles. The van der Waals surface area contributed by atoms with E-state index in [1.54, 1.807) is 12.1 Å². The number of nitriles is 1. The van der Waals surface area contributed by atoms with Crippen molar-refractivity contribution in [3.63, 3.8) is 0 Å². The SMILES string of the molecule is Cc1ccc(C2CCCN2CCOc2ccc(C#N)cc2)s1. The molecule has 0 radical (unpaired) electrons. The van der Waals surface area contributed by atoms with E-state index in [0.717, 1.165) is 18.8 Å². The third kappa shape index (κ3) is 3.49. The lowest BCUT2D eigenvalue weighted by Gasteiger charge is -2.23. The molecule has 2 heterocycles. The van der Waals surface area contributed by atoms with Crippen LogP contribution in [0.15, 0.2) is 36.4 Å². The fourth-order valence-electron chi connectivity index (χ4n) is 2.95. The number of benzene rings is 1. The van der Waals surface area contributed by atoms with E-state index in [0.29, 0.717) is 18.2 Å². The Morgan fingerprint density at radius 1 is 1.27 bits per heavy atom. The van der Waals surface area contributed by atoms with Crippen LogP contribution in [-0.4, -0.2) is 24.6 Å². The molecular weight excluding hydrogens is 292 g/mol. The summed E-state index contributed by atoms with van der Waals surface area (Å²) < 4.78 is 5.81. The Labute approximate surface area is 135 Å². The van der Waals surface area contributed by atoms with Crippen molar-refractivity contribution in [1.82, 2.24) is 4.90 Å². The Morgan fingerprint density at radius 2 is 2.09 bits per heavy atom. The van der Waals surface area contributed by atoms with Crippen molar-refractivity contribution in [2.45, 2.75) is 25.8 Å². The van der Waals surface area contributed by atoms with E-state index in [9.17, 15) is 0 Å². The van der Waals surface area contributed by atoms with Crippen molar-refractivity contribution >= 4 is 11.3 Å². The highest BCUT2D eigenvalue weighted by Crippen LogP contribution is 2.35. The van der Waals surface area contributed by atoms with E-state index in [-0.39, 0.29) is 0 Å². The van der Waals surface area contributed by atoms with Gasteiger partial charge in [0.25, 0.3) is 0 Å². The number of aryl methyl sites for hydroxylation is 1. The predicted octanol–water partition coefficient (Wildman–Crippen LogP) is 4.14. The molecule has 1 fully saturated rings. The summed E-state index contributed by atoms with van der Waals surface area (Å²) in [5.41, 5.74) is 0.667. The molecule has 1 aliphatic heterocycles. The first-order chi connectivity index (χ1) is 10.8. The van der Waals surface area contributed by atoms with Crippen LogP contribution >= 0.6 is 11.3 Å². The van der Waals surface area contributed by atoms with Crippen LogP contribution in [0.1, 0.15) is 34.2 Å². The second kappa shape index (κ2) is 6.95. The molecule has 0 bridgehead atoms. The van der Waals surface area contributed by atoms with Crippen molar-refractivity contribution in [3.05, 3.63) is 51.7 Å². The molecule has 3 rings (SSSR count). The molecular formula is C18H20N2OS. The predicted molar refractivity (Wildman–Crippen MR) is 89.3 cm³/mol. The molecule has 2 aromatic rings. The summed E-state index contributed by atoms with van der Waals surface area (Å²) in [7, 11) is 0. The summed E-state index contributed by atoms with van der Waals surface area (Å²) in [6.07, 6.45) is 2.51. The highest BCUT2D eigenvalue weighted by molar-refractivity contribution is 7.12. The van der Waals surface area contributed by atoms with Gasteiger partial charge in [-0.2, -0.15) is 5.26 Å². The average Bonchev–Trinajstić information content (AvgIpc) is 3.16. The van der Waals surface area contributed by atoms with E-state index in [1.807, 2.05) is 23.5 Å². The van der Waals surface area contributed by atoms with E-state index in [4.69, 9.17) is 10.00 Å². The van der Waals surface area contributed by atoms with Gasteiger partial charge in [-0.3, -0.25) is 4.90 Å². The van der Waals surface area contributed by atoms with Gasteiger partial charge in [-0.25, -0.2) is 0 Å². The van der Waals surface area contributed by atoms with Gasteiger partial charge in [0, 0.05) is 22.3 Å². The maximum Gasteiger partial charge on any atom is 0.119 e. The van der Waals surface area contributed by atoms with Gasteiger partial charge in [0.15, 0.2) is 0 Å². The molecule has 0 amide bonds. The number of rotatable bonds is 5. The number of hydrogen-bond acceptors (Lipinski definition) is 4. The van der Waals surface area contributed by atoms with Crippen molar-refractivity contribution < 1.29 is 4.74 Å². The Hall–Kier alpha value is -1.83. The molecule has 3 nitrogen and oxygen atoms in total. The molecule has 0 aliphatic carbocycles. The quantitative estimate of drug-likeness (QED) is 0.832. The molecule has 1 atom stereocenters. The van der Waals surface area contributed by atoms with Crippen molar-refractivity contribution in [2.24, 2.45) is 0 Å². The first-order valence-corrected chi connectivity index (χ1v) is 8.51. The van der Waals surface area contributed by atoms with Crippen LogP contribution in [0.5, 0.6) is 5.75 Å². The zero-order valence-electron chi connectivity index (χ0n) is 12.8. The van der Waals surface area contributed by atoms with Gasteiger partial charge in [0.1, 0.15) is 12.4 Å². The zero-order valence-corrected chi connectivity index (χ0v) is 13.6. The van der Waals surface area contributed by atoms with Crippen LogP contribution in [0.4, 0.5) is 0 Å². The van der Waals surface area contributed by atoms with Gasteiger partial charge in [0.2, 0.25) is 0 Å². The Bertz CT molecular complexity index is 656. The van der Waals surface area contributed by atoms with Crippen LogP contribution in [0.25, 0.3) is 0 Å². The molecule has 114 valence electrons. The monoisotopic (exact) mass is 312 g/mol. The highest BCUT2D eigenvalue weighted by Gasteiger charge is 2.26. The summed E-state index contributed by atoms with van der Waals surface area (Å²) in [6.45, 7) is 4.95. The lowest BCUT2D eigenvalue weighted by Crippen LogP contribution is -2.27. The van der Waals surface area contributed by atoms with E-state index in [2.05, 4.69) is 30.0 Å². The molecule has 1 aromatic carbocycles. The van der Waals surface area contributed by atoms with E-state index < -0.39 is 0 Å². The Kier molecular flexibility index (Phi) is 4.77. The topological polar surface area (TPSA) is 36.3 Å². The second-order valence-electron chi connectivity index (χ2n) is 5.63. The van der Waals surface area contributed by atoms with Crippen molar-refractivity contribution in [2.75, 3.05) is 19.7 Å². The first kappa shape index (κ1) is 15.1. The molecule has 1 unspecified atom stereocenters. The van der Waals surface area contributed by atoms with Crippen molar-refractivity contribution in [3.8, 4) is 11.8 Å². The third-order valence-electron chi connectivity index (χ3n) is 4.08. The molecule has 1 saturated heterocycles. The number of ether oxygens (including phenoxy) is 1. The van der Waals surface area contributed by atoms with Gasteiger partial charge >= 0.3 is 0 Å². The lowest BCUT2D eigenvalue weighted by molar-refractivity contribution is 0.199. The maximum atomic E-state index is 8.79. The summed E-state index contributed by atoms with van der Waals surface area (Å²) in [4.78, 5) is 5.39. The smallest absolute Gasteiger partial charge is 0.119 e. The number of nitrogens with zero attached hydrogens (tertiary/aromatic N) is 2. The zero-order chi connectivity index (χ0) is 15.4. The van der Waals surface area contributed by atoms with Crippen LogP contribution in [-0.2, 0) is 0 Å². The Balaban J connectivity index is 1.53. The van der Waals surface area contributed by atoms with Gasteiger partial charge in [-0.1, -0.05) is 0 Å². The summed E-state index contributed by atoms with van der Waals surface area (Å²) >= 11 is 1.91. The van der Waals surface area contributed by atoms with Crippen LogP contribution in [0.2, 0.25) is 0 Å². The Morgan fingerprint density at radius 3 is 2.77 bits per heavy atom. The minimum Gasteiger partial charge on any atom is -0.492 e. The van der Waals surface area contributed by atoms with Gasteiger partial charge in [-0.15, -0.1) is 11.3 Å². The highest BCUT2D eigenvalue weighted by atomic mass is 32.1. The van der Waals surface area contributed by atoms with E-state index >= 15 is 0 Å². The molecule has 4 heteroatoms. The number of thiophene rings is 1. The van der Waals surface area contributed by atoms with Gasteiger partial charge in [0.05, 0.1) is 11.6 Å². The molecule has 22 heavy (non-hydrogen) atoms. The maximum absolute atomic E-state index is 8.79. The largest absolute Gasteiger partial charge is 0.492 e. The standard InChI is InChI=1S/C18H20N2OS/c1-14-4-9-18(22-14)17-3-2-10-20(17)11-12-21-16-7-5-15(13-19)6-8-16/h4-9,17H,2-3,10-12H2,1H3. The van der Waals surface area contributed by atoms with Crippen LogP contribution in [0, 0.1) is 18.3 Å². The lowest BCUT2D eigenvalue weighted by atomic mass is 10.2. The normalized spacial score (nSPS) is 18.3. The minimum absolute atomic E-state index is 0.559. The molecule has 1 aromatic heterocycles. The summed E-state index contributed by atoms with van der Waals surface area (Å²) in [5, 5.41) is 8.79. The minimum atomic E-state index is 0.559. The van der Waals surface area contributed by atoms with Crippen molar-refractivity contribution in [1.29, 1.82) is 5.26 Å². The summed E-state index contributed by atoms with van der Waals surface area (Å²) in [5.74, 6) is 0.835. The number of hydrogen-bond donors (Lipinski definition) is 0. The molecule has 1 aliphatic rings. The fourth-order valence-corrected chi connectivity index (χ4v) is 4.00.